The Hall–Kier alpha value is -3.37. The second-order valence-corrected chi connectivity index (χ2v) is 8.55. The first-order valence-corrected chi connectivity index (χ1v) is 11.2. The van der Waals surface area contributed by atoms with Gasteiger partial charge in [-0.2, -0.15) is 17.6 Å². The van der Waals surface area contributed by atoms with Crippen molar-refractivity contribution in [3.8, 4) is 10.4 Å². The van der Waals surface area contributed by atoms with E-state index in [1.165, 1.54) is 35.9 Å². The zero-order valence-corrected chi connectivity index (χ0v) is 18.6. The van der Waals surface area contributed by atoms with Gasteiger partial charge in [-0.25, -0.2) is 9.97 Å². The van der Waals surface area contributed by atoms with Gasteiger partial charge in [-0.15, -0.1) is 6.58 Å². The molecule has 0 spiro atoms. The molecule has 0 saturated heterocycles. The number of allylic oxidation sites excluding steroid dienone is 1. The first kappa shape index (κ1) is 23.8. The third-order valence-electron chi connectivity index (χ3n) is 5.32. The van der Waals surface area contributed by atoms with E-state index < -0.39 is 17.8 Å². The summed E-state index contributed by atoms with van der Waals surface area (Å²) in [4.78, 5) is 12.4. The van der Waals surface area contributed by atoms with Gasteiger partial charge in [-0.05, 0) is 35.1 Å². The fraction of sp³-hybridized carbons (Fsp3) is 0.208. The van der Waals surface area contributed by atoms with Crippen LogP contribution in [0.4, 0.5) is 22.7 Å². The van der Waals surface area contributed by atoms with Crippen molar-refractivity contribution in [2.75, 3.05) is 11.9 Å². The number of rotatable bonds is 8. The summed E-state index contributed by atoms with van der Waals surface area (Å²) in [5.41, 5.74) is 0.997. The highest BCUT2D eigenvalue weighted by Gasteiger charge is 2.32. The molecular formula is C24H20F4N4OS. The maximum Gasteiger partial charge on any atom is 0.433 e. The standard InChI is InChI=1S/C24H20F4N4OS/c1-2-14(16-5-6-20(30-11-16)24(26,27)28)7-8-29-23-32-19(13-33)22(34-23)15-3-4-17-12-31-21(25)10-18(17)9-15/h2-6,9-12,14,33H,1,7-8,13H2,(H,29,32). The summed E-state index contributed by atoms with van der Waals surface area (Å²) in [6.07, 6.45) is 0.429. The van der Waals surface area contributed by atoms with Crippen LogP contribution in [0.25, 0.3) is 21.2 Å². The molecule has 2 N–H and O–H groups in total. The fourth-order valence-electron chi connectivity index (χ4n) is 3.56. The number of nitrogens with one attached hydrogen (secondary N) is 1. The number of hydrogen-bond donors (Lipinski definition) is 2. The Balaban J connectivity index is 1.46. The number of thiazole rings is 1. The van der Waals surface area contributed by atoms with Crippen molar-refractivity contribution in [1.82, 2.24) is 15.0 Å². The van der Waals surface area contributed by atoms with Crippen LogP contribution in [0.2, 0.25) is 0 Å². The zero-order chi connectivity index (χ0) is 24.3. The Morgan fingerprint density at radius 3 is 2.59 bits per heavy atom. The SMILES string of the molecule is C=CC(CCNc1nc(CO)c(-c2ccc3cnc(F)cc3c2)s1)c1ccc(C(F)(F)F)nc1. The number of halogens is 4. The van der Waals surface area contributed by atoms with Gasteiger partial charge in [0.25, 0.3) is 0 Å². The van der Waals surface area contributed by atoms with Crippen LogP contribution >= 0.6 is 11.3 Å². The van der Waals surface area contributed by atoms with E-state index in [1.54, 1.807) is 6.08 Å². The van der Waals surface area contributed by atoms with Gasteiger partial charge < -0.3 is 10.4 Å². The molecule has 34 heavy (non-hydrogen) atoms. The average Bonchev–Trinajstić information content (AvgIpc) is 3.24. The molecule has 3 aromatic heterocycles. The lowest BCUT2D eigenvalue weighted by atomic mass is 9.97. The van der Waals surface area contributed by atoms with Gasteiger partial charge in [-0.3, -0.25) is 4.98 Å². The van der Waals surface area contributed by atoms with Gasteiger partial charge in [0.15, 0.2) is 5.13 Å². The summed E-state index contributed by atoms with van der Waals surface area (Å²) < 4.78 is 51.7. The summed E-state index contributed by atoms with van der Waals surface area (Å²) in [5.74, 6) is -0.762. The molecule has 3 heterocycles. The van der Waals surface area contributed by atoms with Crippen LogP contribution in [-0.4, -0.2) is 26.6 Å². The molecule has 0 aliphatic heterocycles. The molecule has 0 fully saturated rings. The summed E-state index contributed by atoms with van der Waals surface area (Å²) in [7, 11) is 0. The molecule has 0 saturated carbocycles. The highest BCUT2D eigenvalue weighted by atomic mass is 32.1. The largest absolute Gasteiger partial charge is 0.433 e. The van der Waals surface area contributed by atoms with E-state index in [4.69, 9.17) is 0 Å². The van der Waals surface area contributed by atoms with Crippen LogP contribution in [0.5, 0.6) is 0 Å². The number of benzene rings is 1. The molecule has 1 atom stereocenters. The van der Waals surface area contributed by atoms with Crippen LogP contribution < -0.4 is 5.32 Å². The molecule has 0 bridgehead atoms. The quantitative estimate of drug-likeness (QED) is 0.176. The highest BCUT2D eigenvalue weighted by molar-refractivity contribution is 7.19. The first-order valence-electron chi connectivity index (χ1n) is 10.3. The van der Waals surface area contributed by atoms with E-state index in [-0.39, 0.29) is 12.5 Å². The van der Waals surface area contributed by atoms with Crippen molar-refractivity contribution in [3.63, 3.8) is 0 Å². The van der Waals surface area contributed by atoms with E-state index in [1.807, 2.05) is 18.2 Å². The van der Waals surface area contributed by atoms with Crippen LogP contribution in [-0.2, 0) is 12.8 Å². The predicted octanol–water partition coefficient (Wildman–Crippen LogP) is 6.18. The minimum Gasteiger partial charge on any atom is -0.390 e. The van der Waals surface area contributed by atoms with Crippen molar-refractivity contribution in [2.24, 2.45) is 0 Å². The Bertz CT molecular complexity index is 1300. The first-order chi connectivity index (χ1) is 16.3. The normalized spacial score (nSPS) is 12.6. The summed E-state index contributed by atoms with van der Waals surface area (Å²) in [6, 6.07) is 9.24. The lowest BCUT2D eigenvalue weighted by Gasteiger charge is -2.14. The highest BCUT2D eigenvalue weighted by Crippen LogP contribution is 2.35. The lowest BCUT2D eigenvalue weighted by Crippen LogP contribution is -2.10. The molecule has 0 amide bonds. The van der Waals surface area contributed by atoms with E-state index in [0.717, 1.165) is 21.9 Å². The summed E-state index contributed by atoms with van der Waals surface area (Å²) >= 11 is 1.35. The molecule has 4 rings (SSSR count). The summed E-state index contributed by atoms with van der Waals surface area (Å²) in [5, 5.41) is 15.1. The molecular weight excluding hydrogens is 468 g/mol. The minimum atomic E-state index is -4.48. The number of pyridine rings is 2. The van der Waals surface area contributed by atoms with Gasteiger partial charge >= 0.3 is 6.18 Å². The van der Waals surface area contributed by atoms with Crippen LogP contribution in [0, 0.1) is 5.95 Å². The molecule has 5 nitrogen and oxygen atoms in total. The van der Waals surface area contributed by atoms with Crippen molar-refractivity contribution in [3.05, 3.63) is 84.3 Å². The molecule has 1 aromatic carbocycles. The maximum absolute atomic E-state index is 13.5. The van der Waals surface area contributed by atoms with E-state index in [0.29, 0.717) is 34.7 Å². The molecule has 0 aliphatic rings. The molecule has 1 unspecified atom stereocenters. The number of fused-ring (bicyclic) bond motifs is 1. The Morgan fingerprint density at radius 2 is 1.91 bits per heavy atom. The number of nitrogens with zero attached hydrogens (tertiary/aromatic N) is 3. The molecule has 0 aliphatic carbocycles. The van der Waals surface area contributed by atoms with Crippen LogP contribution in [0.1, 0.15) is 29.3 Å². The van der Waals surface area contributed by atoms with Crippen molar-refractivity contribution >= 4 is 27.2 Å². The second-order valence-electron chi connectivity index (χ2n) is 7.55. The fourth-order valence-corrected chi connectivity index (χ4v) is 4.56. The predicted molar refractivity (Wildman–Crippen MR) is 124 cm³/mol. The number of aliphatic hydroxyl groups excluding tert-OH is 1. The Labute approximate surface area is 196 Å². The smallest absolute Gasteiger partial charge is 0.390 e. The Kier molecular flexibility index (Phi) is 6.90. The van der Waals surface area contributed by atoms with Gasteiger partial charge in [0, 0.05) is 36.3 Å². The number of alkyl halides is 3. The lowest BCUT2D eigenvalue weighted by molar-refractivity contribution is -0.141. The molecule has 4 aromatic rings. The number of aromatic nitrogens is 3. The van der Waals surface area contributed by atoms with Crippen molar-refractivity contribution in [1.29, 1.82) is 0 Å². The third-order valence-corrected chi connectivity index (χ3v) is 6.42. The maximum atomic E-state index is 13.5. The van der Waals surface area contributed by atoms with Gasteiger partial charge in [0.05, 0.1) is 17.2 Å². The van der Waals surface area contributed by atoms with E-state index in [2.05, 4.69) is 26.8 Å². The van der Waals surface area contributed by atoms with Gasteiger partial charge in [-0.1, -0.05) is 35.6 Å². The van der Waals surface area contributed by atoms with Crippen molar-refractivity contribution in [2.45, 2.75) is 25.1 Å². The van der Waals surface area contributed by atoms with Crippen molar-refractivity contribution < 1.29 is 22.7 Å². The number of hydrogen-bond acceptors (Lipinski definition) is 6. The molecule has 176 valence electrons. The minimum absolute atomic E-state index is 0.192. The monoisotopic (exact) mass is 488 g/mol. The van der Waals surface area contributed by atoms with Crippen LogP contribution in [0.3, 0.4) is 0 Å². The van der Waals surface area contributed by atoms with Gasteiger partial charge in [0.1, 0.15) is 5.69 Å². The number of anilines is 1. The topological polar surface area (TPSA) is 70.9 Å². The zero-order valence-electron chi connectivity index (χ0n) is 17.8. The number of aliphatic hydroxyl groups is 1. The molecule has 10 heteroatoms. The second kappa shape index (κ2) is 9.86. The summed E-state index contributed by atoms with van der Waals surface area (Å²) in [6.45, 7) is 4.00. The van der Waals surface area contributed by atoms with Crippen LogP contribution in [0.15, 0.2) is 61.4 Å². The molecule has 0 radical (unpaired) electrons. The Morgan fingerprint density at radius 1 is 1.09 bits per heavy atom. The van der Waals surface area contributed by atoms with E-state index >= 15 is 0 Å². The van der Waals surface area contributed by atoms with Gasteiger partial charge in [0.2, 0.25) is 5.95 Å². The van der Waals surface area contributed by atoms with E-state index in [9.17, 15) is 22.7 Å². The average molecular weight is 489 g/mol. The third kappa shape index (κ3) is 5.23.